The molecule has 1 aliphatic carbocycles. The molecule has 136 valence electrons. The summed E-state index contributed by atoms with van der Waals surface area (Å²) < 4.78 is 0. The maximum atomic E-state index is 13.1. The molecule has 0 spiro atoms. The summed E-state index contributed by atoms with van der Waals surface area (Å²) in [5.41, 5.74) is 4.39. The third-order valence-corrected chi connectivity index (χ3v) is 4.68. The minimum atomic E-state index is 0.0519. The van der Waals surface area contributed by atoms with Crippen molar-refractivity contribution in [3.63, 3.8) is 0 Å². The van der Waals surface area contributed by atoms with Gasteiger partial charge in [-0.2, -0.15) is 0 Å². The van der Waals surface area contributed by atoms with Gasteiger partial charge in [0.25, 0.3) is 5.91 Å². The first-order valence-electron chi connectivity index (χ1n) is 9.24. The van der Waals surface area contributed by atoms with E-state index in [9.17, 15) is 4.79 Å². The Morgan fingerprint density at radius 3 is 2.33 bits per heavy atom. The number of rotatable bonds is 5. The fraction of sp³-hybridized carbons (Fsp3) is 0.273. The normalized spacial score (nSPS) is 13.4. The number of pyridine rings is 1. The summed E-state index contributed by atoms with van der Waals surface area (Å²) in [4.78, 5) is 28.3. The van der Waals surface area contributed by atoms with Crippen LogP contribution in [0.25, 0.3) is 11.4 Å². The molecule has 0 saturated heterocycles. The number of carbonyl (C=O) groups excluding carboxylic acids is 1. The van der Waals surface area contributed by atoms with Gasteiger partial charge in [-0.1, -0.05) is 18.2 Å². The van der Waals surface area contributed by atoms with Crippen LogP contribution >= 0.6 is 0 Å². The van der Waals surface area contributed by atoms with E-state index >= 15 is 0 Å². The van der Waals surface area contributed by atoms with Crippen LogP contribution < -0.4 is 0 Å². The van der Waals surface area contributed by atoms with Crippen molar-refractivity contribution in [1.29, 1.82) is 0 Å². The van der Waals surface area contributed by atoms with Crippen molar-refractivity contribution in [3.8, 4) is 11.4 Å². The fourth-order valence-electron chi connectivity index (χ4n) is 3.20. The third kappa shape index (κ3) is 4.03. The molecule has 5 heteroatoms. The number of nitrogens with zero attached hydrogens (tertiary/aromatic N) is 4. The van der Waals surface area contributed by atoms with Crippen molar-refractivity contribution in [2.24, 2.45) is 0 Å². The topological polar surface area (TPSA) is 59.0 Å². The van der Waals surface area contributed by atoms with Crippen LogP contribution in [0.1, 0.15) is 40.3 Å². The highest BCUT2D eigenvalue weighted by molar-refractivity contribution is 5.95. The average molecular weight is 358 g/mol. The van der Waals surface area contributed by atoms with Crippen LogP contribution in [-0.4, -0.2) is 31.8 Å². The van der Waals surface area contributed by atoms with E-state index in [2.05, 4.69) is 15.0 Å². The van der Waals surface area contributed by atoms with E-state index in [1.54, 1.807) is 6.20 Å². The SMILES string of the molecule is Cc1cc(C)nc(-c2ccc(C(=O)N(Cc3ccccn3)C3CC3)cc2)n1. The lowest BCUT2D eigenvalue weighted by Gasteiger charge is -2.22. The van der Waals surface area contributed by atoms with Crippen molar-refractivity contribution >= 4 is 5.91 Å². The van der Waals surface area contributed by atoms with Crippen molar-refractivity contribution < 1.29 is 4.79 Å². The molecule has 1 amide bonds. The molecule has 3 aromatic rings. The number of aryl methyl sites for hydroxylation is 2. The number of amides is 1. The van der Waals surface area contributed by atoms with E-state index in [-0.39, 0.29) is 5.91 Å². The summed E-state index contributed by atoms with van der Waals surface area (Å²) in [5, 5.41) is 0. The standard InChI is InChI=1S/C22H22N4O/c1-15-13-16(2)25-21(24-15)17-6-8-18(9-7-17)22(27)26(20-10-11-20)14-19-5-3-4-12-23-19/h3-9,12-13,20H,10-11,14H2,1-2H3. The van der Waals surface area contributed by atoms with Crippen LogP contribution in [0.15, 0.2) is 54.7 Å². The summed E-state index contributed by atoms with van der Waals surface area (Å²) in [7, 11) is 0. The Hall–Kier alpha value is -3.08. The van der Waals surface area contributed by atoms with Gasteiger partial charge in [0.15, 0.2) is 5.82 Å². The Balaban J connectivity index is 1.56. The average Bonchev–Trinajstić information content (AvgIpc) is 3.51. The van der Waals surface area contributed by atoms with Crippen LogP contribution in [0.3, 0.4) is 0 Å². The van der Waals surface area contributed by atoms with Crippen LogP contribution in [0.5, 0.6) is 0 Å². The molecule has 2 heterocycles. The zero-order valence-electron chi connectivity index (χ0n) is 15.6. The first-order chi connectivity index (χ1) is 13.1. The minimum Gasteiger partial charge on any atom is -0.330 e. The molecule has 0 bridgehead atoms. The van der Waals surface area contributed by atoms with Crippen LogP contribution in [-0.2, 0) is 6.54 Å². The van der Waals surface area contributed by atoms with Gasteiger partial charge >= 0.3 is 0 Å². The van der Waals surface area contributed by atoms with Crippen molar-refractivity contribution in [3.05, 3.63) is 77.4 Å². The van der Waals surface area contributed by atoms with E-state index in [0.717, 1.165) is 35.5 Å². The predicted octanol–water partition coefficient (Wildman–Crippen LogP) is 3.96. The smallest absolute Gasteiger partial charge is 0.254 e. The third-order valence-electron chi connectivity index (χ3n) is 4.68. The first kappa shape index (κ1) is 17.3. The molecule has 1 aromatic carbocycles. The summed E-state index contributed by atoms with van der Waals surface area (Å²) >= 11 is 0. The Morgan fingerprint density at radius 1 is 1.04 bits per heavy atom. The van der Waals surface area contributed by atoms with E-state index in [0.29, 0.717) is 24.0 Å². The van der Waals surface area contributed by atoms with E-state index in [1.807, 2.05) is 67.3 Å². The maximum absolute atomic E-state index is 13.1. The van der Waals surface area contributed by atoms with Gasteiger partial charge in [0, 0.05) is 34.8 Å². The lowest BCUT2D eigenvalue weighted by molar-refractivity contribution is 0.0728. The van der Waals surface area contributed by atoms with Crippen LogP contribution in [0.4, 0.5) is 0 Å². The molecule has 0 aliphatic heterocycles. The molecule has 27 heavy (non-hydrogen) atoms. The molecule has 0 atom stereocenters. The molecule has 5 nitrogen and oxygen atoms in total. The highest BCUT2D eigenvalue weighted by atomic mass is 16.2. The molecule has 2 aromatic heterocycles. The second kappa shape index (κ2) is 7.27. The second-order valence-corrected chi connectivity index (χ2v) is 7.04. The van der Waals surface area contributed by atoms with Crippen molar-refractivity contribution in [2.45, 2.75) is 39.3 Å². The largest absolute Gasteiger partial charge is 0.330 e. The molecular formula is C22H22N4O. The molecule has 0 radical (unpaired) electrons. The van der Waals surface area contributed by atoms with Gasteiger partial charge < -0.3 is 4.90 Å². The maximum Gasteiger partial charge on any atom is 0.254 e. The molecular weight excluding hydrogens is 336 g/mol. The number of benzene rings is 1. The summed E-state index contributed by atoms with van der Waals surface area (Å²) in [5.74, 6) is 0.745. The van der Waals surface area contributed by atoms with Crippen molar-refractivity contribution in [1.82, 2.24) is 19.9 Å². The Bertz CT molecular complexity index is 930. The monoisotopic (exact) mass is 358 g/mol. The predicted molar refractivity (Wildman–Crippen MR) is 104 cm³/mol. The van der Waals surface area contributed by atoms with Gasteiger partial charge in [0.1, 0.15) is 0 Å². The van der Waals surface area contributed by atoms with Crippen molar-refractivity contribution in [2.75, 3.05) is 0 Å². The summed E-state index contributed by atoms with van der Waals surface area (Å²) in [6.45, 7) is 4.47. The molecule has 1 saturated carbocycles. The Morgan fingerprint density at radius 2 is 1.74 bits per heavy atom. The highest BCUT2D eigenvalue weighted by Gasteiger charge is 2.33. The molecule has 4 rings (SSSR count). The molecule has 0 unspecified atom stereocenters. The fourth-order valence-corrected chi connectivity index (χ4v) is 3.20. The van der Waals surface area contributed by atoms with Crippen LogP contribution in [0, 0.1) is 13.8 Å². The quantitative estimate of drug-likeness (QED) is 0.693. The van der Waals surface area contributed by atoms with E-state index in [1.165, 1.54) is 0 Å². The van der Waals surface area contributed by atoms with Gasteiger partial charge in [0.2, 0.25) is 0 Å². The Labute approximate surface area is 159 Å². The van der Waals surface area contributed by atoms with Crippen LogP contribution in [0.2, 0.25) is 0 Å². The lowest BCUT2D eigenvalue weighted by Crippen LogP contribution is -2.32. The van der Waals surface area contributed by atoms with Gasteiger partial charge in [0.05, 0.1) is 12.2 Å². The summed E-state index contributed by atoms with van der Waals surface area (Å²) in [6, 6.07) is 15.7. The number of hydrogen-bond acceptors (Lipinski definition) is 4. The first-order valence-corrected chi connectivity index (χ1v) is 9.24. The zero-order valence-corrected chi connectivity index (χ0v) is 15.6. The lowest BCUT2D eigenvalue weighted by atomic mass is 10.1. The number of aromatic nitrogens is 3. The van der Waals surface area contributed by atoms with E-state index in [4.69, 9.17) is 0 Å². The second-order valence-electron chi connectivity index (χ2n) is 7.04. The number of carbonyl (C=O) groups is 1. The van der Waals surface area contributed by atoms with Gasteiger partial charge in [-0.25, -0.2) is 9.97 Å². The minimum absolute atomic E-state index is 0.0519. The number of hydrogen-bond donors (Lipinski definition) is 0. The molecule has 1 aliphatic rings. The van der Waals surface area contributed by atoms with Gasteiger partial charge in [-0.3, -0.25) is 9.78 Å². The van der Waals surface area contributed by atoms with Gasteiger partial charge in [-0.05, 0) is 57.0 Å². The highest BCUT2D eigenvalue weighted by Crippen LogP contribution is 2.30. The molecule has 0 N–H and O–H groups in total. The summed E-state index contributed by atoms with van der Waals surface area (Å²) in [6.07, 6.45) is 3.89. The Kier molecular flexibility index (Phi) is 4.67. The van der Waals surface area contributed by atoms with Gasteiger partial charge in [-0.15, -0.1) is 0 Å². The molecule has 1 fully saturated rings. The zero-order chi connectivity index (χ0) is 18.8. The van der Waals surface area contributed by atoms with E-state index < -0.39 is 0 Å².